The molecule has 0 fully saturated rings. The Balaban J connectivity index is 1.99. The third-order valence-electron chi connectivity index (χ3n) is 5.86. The van der Waals surface area contributed by atoms with Crippen molar-refractivity contribution in [3.63, 3.8) is 0 Å². The zero-order valence-corrected chi connectivity index (χ0v) is 18.2. The predicted molar refractivity (Wildman–Crippen MR) is 116 cm³/mol. The molecule has 144 valence electrons. The number of allylic oxidation sites excluding steroid dienone is 4. The number of hydrogen-bond acceptors (Lipinski definition) is 2. The summed E-state index contributed by atoms with van der Waals surface area (Å²) in [5.74, 6) is 1.46. The molecule has 3 heteroatoms. The molecule has 0 aliphatic heterocycles. The topological polar surface area (TPSA) is 22.4 Å². The van der Waals surface area contributed by atoms with Gasteiger partial charge in [-0.3, -0.25) is 0 Å². The molecule has 0 spiro atoms. The fourth-order valence-electron chi connectivity index (χ4n) is 4.42. The lowest BCUT2D eigenvalue weighted by Crippen LogP contribution is -2.62. The van der Waals surface area contributed by atoms with E-state index in [9.17, 15) is 0 Å². The summed E-state index contributed by atoms with van der Waals surface area (Å²) < 4.78 is 12.5. The Hall–Kier alpha value is -1.84. The van der Waals surface area contributed by atoms with E-state index in [2.05, 4.69) is 88.4 Å². The summed E-state index contributed by atoms with van der Waals surface area (Å²) in [6, 6.07) is 13.0. The number of aryl methyl sites for hydroxylation is 1. The number of rotatable bonds is 6. The molecule has 0 N–H and O–H groups in total. The van der Waals surface area contributed by atoms with Crippen LogP contribution in [0.5, 0.6) is 0 Å². The third kappa shape index (κ3) is 3.90. The van der Waals surface area contributed by atoms with Crippen molar-refractivity contribution in [3.05, 3.63) is 78.3 Å². The first-order chi connectivity index (χ1) is 12.9. The first-order valence-corrected chi connectivity index (χ1v) is 11.9. The average molecular weight is 381 g/mol. The lowest BCUT2D eigenvalue weighted by molar-refractivity contribution is 0.280. The average Bonchev–Trinajstić information content (AvgIpc) is 3.04. The molecule has 0 saturated heterocycles. The molecule has 1 aliphatic carbocycles. The fraction of sp³-hybridized carbons (Fsp3) is 0.417. The van der Waals surface area contributed by atoms with Gasteiger partial charge < -0.3 is 8.84 Å². The van der Waals surface area contributed by atoms with E-state index in [1.807, 2.05) is 6.92 Å². The minimum absolute atomic E-state index is 0.0637. The van der Waals surface area contributed by atoms with E-state index < -0.39 is 8.32 Å². The molecular weight excluding hydrogens is 348 g/mol. The molecule has 1 aromatic carbocycles. The zero-order chi connectivity index (χ0) is 19.5. The summed E-state index contributed by atoms with van der Waals surface area (Å²) in [5, 5.41) is 1.45. The van der Waals surface area contributed by atoms with Crippen molar-refractivity contribution < 1.29 is 8.84 Å². The minimum Gasteiger partial charge on any atom is -0.469 e. The highest BCUT2D eigenvalue weighted by Crippen LogP contribution is 2.49. The van der Waals surface area contributed by atoms with Crippen LogP contribution in [0.3, 0.4) is 0 Å². The Morgan fingerprint density at radius 2 is 1.74 bits per heavy atom. The van der Waals surface area contributed by atoms with Gasteiger partial charge in [0, 0.05) is 12.1 Å². The molecule has 1 aliphatic rings. The normalized spacial score (nSPS) is 22.0. The molecule has 0 bridgehead atoms. The standard InChI is InChI=1S/C24H32O2Si/c1-19-11-9-10-14-23(19)27(24(3,4)5,22-12-7-6-8-13-22)26-18-16-21-15-17-25-20(21)2/h6-15,17,19,23H,16,18H2,1-5H3. The summed E-state index contributed by atoms with van der Waals surface area (Å²) in [4.78, 5) is 0. The highest BCUT2D eigenvalue weighted by Gasteiger charge is 2.54. The molecule has 0 amide bonds. The van der Waals surface area contributed by atoms with Gasteiger partial charge in [-0.1, -0.05) is 82.3 Å². The monoisotopic (exact) mass is 380 g/mol. The van der Waals surface area contributed by atoms with Gasteiger partial charge in [0.25, 0.3) is 0 Å². The van der Waals surface area contributed by atoms with Crippen LogP contribution in [0, 0.1) is 12.8 Å². The van der Waals surface area contributed by atoms with E-state index in [0.29, 0.717) is 11.5 Å². The highest BCUT2D eigenvalue weighted by molar-refractivity contribution is 6.90. The van der Waals surface area contributed by atoms with Gasteiger partial charge in [0.05, 0.1) is 6.26 Å². The Kier molecular flexibility index (Phi) is 5.92. The molecule has 3 unspecified atom stereocenters. The summed E-state index contributed by atoms with van der Waals surface area (Å²) in [5.41, 5.74) is 1.65. The van der Waals surface area contributed by atoms with Crippen LogP contribution in [-0.4, -0.2) is 14.9 Å². The molecule has 27 heavy (non-hydrogen) atoms. The van der Waals surface area contributed by atoms with Crippen LogP contribution in [0.2, 0.25) is 10.6 Å². The summed E-state index contributed by atoms with van der Waals surface area (Å²) in [7, 11) is -2.35. The second kappa shape index (κ2) is 8.03. The minimum atomic E-state index is -2.35. The van der Waals surface area contributed by atoms with Crippen LogP contribution in [0.1, 0.15) is 39.0 Å². The van der Waals surface area contributed by atoms with E-state index in [0.717, 1.165) is 18.8 Å². The second-order valence-electron chi connectivity index (χ2n) is 8.61. The van der Waals surface area contributed by atoms with E-state index in [1.165, 1.54) is 10.8 Å². The van der Waals surface area contributed by atoms with Crippen molar-refractivity contribution in [2.75, 3.05) is 6.61 Å². The largest absolute Gasteiger partial charge is 0.469 e. The van der Waals surface area contributed by atoms with E-state index in [-0.39, 0.29) is 5.04 Å². The Morgan fingerprint density at radius 1 is 1.04 bits per heavy atom. The van der Waals surface area contributed by atoms with Crippen molar-refractivity contribution in [1.82, 2.24) is 0 Å². The lowest BCUT2D eigenvalue weighted by Gasteiger charge is -2.49. The van der Waals surface area contributed by atoms with Crippen molar-refractivity contribution in [1.29, 1.82) is 0 Å². The molecular formula is C24H32O2Si. The van der Waals surface area contributed by atoms with Gasteiger partial charge in [0.15, 0.2) is 0 Å². The molecule has 3 rings (SSSR count). The van der Waals surface area contributed by atoms with Gasteiger partial charge in [0.1, 0.15) is 5.76 Å². The molecule has 2 aromatic rings. The molecule has 3 atom stereocenters. The number of hydrogen-bond donors (Lipinski definition) is 0. The van der Waals surface area contributed by atoms with E-state index in [4.69, 9.17) is 8.84 Å². The van der Waals surface area contributed by atoms with Crippen LogP contribution in [0.25, 0.3) is 0 Å². The van der Waals surface area contributed by atoms with Gasteiger partial charge in [-0.2, -0.15) is 0 Å². The van der Waals surface area contributed by atoms with Gasteiger partial charge >= 0.3 is 0 Å². The van der Waals surface area contributed by atoms with Crippen molar-refractivity contribution in [3.8, 4) is 0 Å². The maximum atomic E-state index is 7.03. The van der Waals surface area contributed by atoms with Crippen LogP contribution in [-0.2, 0) is 10.8 Å². The van der Waals surface area contributed by atoms with E-state index in [1.54, 1.807) is 6.26 Å². The maximum Gasteiger partial charge on any atom is 0.236 e. The Morgan fingerprint density at radius 3 is 2.33 bits per heavy atom. The van der Waals surface area contributed by atoms with Crippen LogP contribution in [0.4, 0.5) is 0 Å². The van der Waals surface area contributed by atoms with Gasteiger partial charge in [-0.05, 0) is 41.1 Å². The summed E-state index contributed by atoms with van der Waals surface area (Å²) in [6.45, 7) is 12.1. The smallest absolute Gasteiger partial charge is 0.236 e. The first kappa shape index (κ1) is 19.9. The van der Waals surface area contributed by atoms with Crippen molar-refractivity contribution in [2.45, 2.75) is 51.6 Å². The van der Waals surface area contributed by atoms with E-state index >= 15 is 0 Å². The number of benzene rings is 1. The fourth-order valence-corrected chi connectivity index (χ4v) is 9.81. The quantitative estimate of drug-likeness (QED) is 0.579. The number of furan rings is 1. The third-order valence-corrected chi connectivity index (χ3v) is 11.6. The summed E-state index contributed by atoms with van der Waals surface area (Å²) in [6.07, 6.45) is 11.7. The van der Waals surface area contributed by atoms with Crippen molar-refractivity contribution >= 4 is 13.5 Å². The summed E-state index contributed by atoms with van der Waals surface area (Å²) >= 11 is 0. The van der Waals surface area contributed by atoms with Crippen molar-refractivity contribution in [2.24, 2.45) is 5.92 Å². The molecule has 2 nitrogen and oxygen atoms in total. The maximum absolute atomic E-state index is 7.03. The Labute approximate surface area is 165 Å². The second-order valence-corrected chi connectivity index (χ2v) is 13.1. The van der Waals surface area contributed by atoms with Gasteiger partial charge in [-0.25, -0.2) is 0 Å². The molecule has 1 heterocycles. The SMILES string of the molecule is Cc1occc1CCO[Si](c1ccccc1)(C1C=CC=CC1C)C(C)(C)C. The van der Waals surface area contributed by atoms with Gasteiger partial charge in [-0.15, -0.1) is 0 Å². The van der Waals surface area contributed by atoms with Gasteiger partial charge in [0.2, 0.25) is 8.32 Å². The highest BCUT2D eigenvalue weighted by atomic mass is 28.4. The van der Waals surface area contributed by atoms with Crippen LogP contribution < -0.4 is 5.19 Å². The van der Waals surface area contributed by atoms with Crippen LogP contribution >= 0.6 is 0 Å². The molecule has 1 aromatic heterocycles. The lowest BCUT2D eigenvalue weighted by atomic mass is 10.0. The first-order valence-electron chi connectivity index (χ1n) is 9.93. The Bertz CT molecular complexity index is 797. The molecule has 0 saturated carbocycles. The molecule has 0 radical (unpaired) electrons. The zero-order valence-electron chi connectivity index (χ0n) is 17.2. The predicted octanol–water partition coefficient (Wildman–Crippen LogP) is 5.93. The van der Waals surface area contributed by atoms with Crippen LogP contribution in [0.15, 0.2) is 71.4 Å².